The average Bonchev–Trinajstić information content (AvgIpc) is 2.54. The third-order valence-electron chi connectivity index (χ3n) is 5.28. The van der Waals surface area contributed by atoms with Crippen LogP contribution in [0.15, 0.2) is 29.3 Å². The van der Waals surface area contributed by atoms with E-state index in [9.17, 15) is 4.79 Å². The molecule has 1 aliphatic carbocycles. The largest absolute Gasteiger partial charge is 0.371 e. The fraction of sp³-hybridized carbons (Fsp3) is 0.529. The second kappa shape index (κ2) is 5.17. The van der Waals surface area contributed by atoms with E-state index >= 15 is 0 Å². The SMILES string of the molecule is O=c1[nH]cnc2ccc(N3CC[C@H]4CCCC[C@@H]4C3)cc12. The predicted molar refractivity (Wildman–Crippen MR) is 84.6 cm³/mol. The van der Waals surface area contributed by atoms with Crippen LogP contribution in [0.3, 0.4) is 0 Å². The monoisotopic (exact) mass is 283 g/mol. The summed E-state index contributed by atoms with van der Waals surface area (Å²) in [5.74, 6) is 1.77. The molecule has 2 atom stereocenters. The molecule has 1 N–H and O–H groups in total. The Hall–Kier alpha value is -1.84. The molecule has 4 rings (SSSR count). The van der Waals surface area contributed by atoms with E-state index in [1.54, 1.807) is 0 Å². The fourth-order valence-corrected chi connectivity index (χ4v) is 4.09. The number of benzene rings is 1. The third-order valence-corrected chi connectivity index (χ3v) is 5.28. The molecule has 1 saturated heterocycles. The number of H-pyrrole nitrogens is 1. The van der Waals surface area contributed by atoms with Crippen LogP contribution in [0.4, 0.5) is 5.69 Å². The summed E-state index contributed by atoms with van der Waals surface area (Å²) in [6.07, 6.45) is 8.36. The Morgan fingerprint density at radius 1 is 1.14 bits per heavy atom. The van der Waals surface area contributed by atoms with Gasteiger partial charge >= 0.3 is 0 Å². The molecule has 1 aromatic carbocycles. The molecule has 2 aliphatic rings. The van der Waals surface area contributed by atoms with Crippen molar-refractivity contribution in [1.82, 2.24) is 9.97 Å². The molecule has 21 heavy (non-hydrogen) atoms. The quantitative estimate of drug-likeness (QED) is 0.875. The van der Waals surface area contributed by atoms with Crippen LogP contribution in [0, 0.1) is 11.8 Å². The molecular weight excluding hydrogens is 262 g/mol. The number of piperidine rings is 1. The minimum atomic E-state index is -0.0468. The van der Waals surface area contributed by atoms with Gasteiger partial charge in [-0.1, -0.05) is 19.3 Å². The second-order valence-electron chi connectivity index (χ2n) is 6.47. The zero-order chi connectivity index (χ0) is 14.2. The zero-order valence-electron chi connectivity index (χ0n) is 12.2. The summed E-state index contributed by atoms with van der Waals surface area (Å²) in [5, 5.41) is 0.695. The van der Waals surface area contributed by atoms with Crippen LogP contribution < -0.4 is 10.5 Å². The number of nitrogens with zero attached hydrogens (tertiary/aromatic N) is 2. The van der Waals surface area contributed by atoms with E-state index in [0.29, 0.717) is 5.39 Å². The lowest BCUT2D eigenvalue weighted by Crippen LogP contribution is -2.41. The van der Waals surface area contributed by atoms with Crippen LogP contribution in [0.5, 0.6) is 0 Å². The molecule has 4 nitrogen and oxygen atoms in total. The van der Waals surface area contributed by atoms with Gasteiger partial charge in [0.25, 0.3) is 5.56 Å². The standard InChI is InChI=1S/C17H21N3O/c21-17-15-9-14(5-6-16(15)18-11-19-17)20-8-7-12-3-1-2-4-13(12)10-20/h5-6,9,11-13H,1-4,7-8,10H2,(H,18,19,21)/t12-,13-/m1/s1. The number of aromatic amines is 1. The summed E-state index contributed by atoms with van der Waals surface area (Å²) in [5.41, 5.74) is 1.90. The van der Waals surface area contributed by atoms with Crippen molar-refractivity contribution in [3.8, 4) is 0 Å². The molecule has 0 radical (unpaired) electrons. The van der Waals surface area contributed by atoms with Crippen molar-refractivity contribution in [2.45, 2.75) is 32.1 Å². The Morgan fingerprint density at radius 3 is 2.90 bits per heavy atom. The third kappa shape index (κ3) is 2.33. The summed E-state index contributed by atoms with van der Waals surface area (Å²) in [6, 6.07) is 6.08. The number of hydrogen-bond acceptors (Lipinski definition) is 3. The van der Waals surface area contributed by atoms with Crippen molar-refractivity contribution in [1.29, 1.82) is 0 Å². The van der Waals surface area contributed by atoms with E-state index < -0.39 is 0 Å². The van der Waals surface area contributed by atoms with E-state index in [-0.39, 0.29) is 5.56 Å². The van der Waals surface area contributed by atoms with Gasteiger partial charge in [-0.25, -0.2) is 4.98 Å². The number of nitrogens with one attached hydrogen (secondary N) is 1. The Labute approximate surface area is 124 Å². The maximum atomic E-state index is 11.9. The van der Waals surface area contributed by atoms with Crippen LogP contribution in [-0.4, -0.2) is 23.1 Å². The molecule has 1 aromatic heterocycles. The molecule has 0 unspecified atom stereocenters. The molecule has 0 spiro atoms. The lowest BCUT2D eigenvalue weighted by Gasteiger charge is -2.42. The topological polar surface area (TPSA) is 49.0 Å². The van der Waals surface area contributed by atoms with Crippen molar-refractivity contribution in [2.75, 3.05) is 18.0 Å². The highest BCUT2D eigenvalue weighted by atomic mass is 16.1. The number of anilines is 1. The van der Waals surface area contributed by atoms with Gasteiger partial charge in [0.2, 0.25) is 0 Å². The summed E-state index contributed by atoms with van der Waals surface area (Å²) in [7, 11) is 0. The Bertz CT molecular complexity index is 708. The summed E-state index contributed by atoms with van der Waals surface area (Å²) in [6.45, 7) is 2.26. The zero-order valence-corrected chi connectivity index (χ0v) is 12.2. The van der Waals surface area contributed by atoms with E-state index in [0.717, 1.165) is 30.4 Å². The van der Waals surface area contributed by atoms with Crippen molar-refractivity contribution in [2.24, 2.45) is 11.8 Å². The molecule has 2 aromatic rings. The van der Waals surface area contributed by atoms with E-state index in [1.165, 1.54) is 44.1 Å². The Morgan fingerprint density at radius 2 is 2.00 bits per heavy atom. The van der Waals surface area contributed by atoms with E-state index in [1.807, 2.05) is 12.1 Å². The molecule has 2 fully saturated rings. The molecule has 2 heterocycles. The van der Waals surface area contributed by atoms with E-state index in [2.05, 4.69) is 20.9 Å². The first-order valence-corrected chi connectivity index (χ1v) is 8.04. The minimum Gasteiger partial charge on any atom is -0.371 e. The van der Waals surface area contributed by atoms with Gasteiger partial charge in [-0.3, -0.25) is 4.79 Å². The first kappa shape index (κ1) is 12.9. The second-order valence-corrected chi connectivity index (χ2v) is 6.47. The smallest absolute Gasteiger partial charge is 0.258 e. The van der Waals surface area contributed by atoms with Crippen LogP contribution in [0.25, 0.3) is 10.9 Å². The lowest BCUT2D eigenvalue weighted by atomic mass is 9.75. The highest BCUT2D eigenvalue weighted by Crippen LogP contribution is 2.37. The van der Waals surface area contributed by atoms with Gasteiger partial charge in [-0.05, 0) is 42.9 Å². The normalized spacial score (nSPS) is 25.8. The van der Waals surface area contributed by atoms with Crippen LogP contribution in [-0.2, 0) is 0 Å². The van der Waals surface area contributed by atoms with Gasteiger partial charge in [-0.15, -0.1) is 0 Å². The van der Waals surface area contributed by atoms with Crippen molar-refractivity contribution in [3.63, 3.8) is 0 Å². The minimum absolute atomic E-state index is 0.0468. The summed E-state index contributed by atoms with van der Waals surface area (Å²) < 4.78 is 0. The van der Waals surface area contributed by atoms with Gasteiger partial charge in [0.05, 0.1) is 17.2 Å². The molecule has 1 saturated carbocycles. The predicted octanol–water partition coefficient (Wildman–Crippen LogP) is 2.94. The van der Waals surface area contributed by atoms with Crippen molar-refractivity contribution < 1.29 is 0 Å². The fourth-order valence-electron chi connectivity index (χ4n) is 4.09. The first-order valence-electron chi connectivity index (χ1n) is 8.04. The number of rotatable bonds is 1. The average molecular weight is 283 g/mol. The number of aromatic nitrogens is 2. The van der Waals surface area contributed by atoms with Crippen LogP contribution in [0.2, 0.25) is 0 Å². The maximum Gasteiger partial charge on any atom is 0.258 e. The van der Waals surface area contributed by atoms with Crippen molar-refractivity contribution in [3.05, 3.63) is 34.9 Å². The molecule has 110 valence electrons. The van der Waals surface area contributed by atoms with Gasteiger partial charge in [0.15, 0.2) is 0 Å². The summed E-state index contributed by atoms with van der Waals surface area (Å²) in [4.78, 5) is 21.3. The van der Waals surface area contributed by atoms with Crippen molar-refractivity contribution >= 4 is 16.6 Å². The molecule has 0 amide bonds. The highest BCUT2D eigenvalue weighted by Gasteiger charge is 2.31. The Kier molecular flexibility index (Phi) is 3.17. The molecule has 4 heteroatoms. The maximum absolute atomic E-state index is 11.9. The van der Waals surface area contributed by atoms with Gasteiger partial charge in [0, 0.05) is 18.8 Å². The first-order chi connectivity index (χ1) is 10.3. The van der Waals surface area contributed by atoms with Gasteiger partial charge in [-0.2, -0.15) is 0 Å². The molecule has 0 bridgehead atoms. The molecular formula is C17H21N3O. The summed E-state index contributed by atoms with van der Waals surface area (Å²) >= 11 is 0. The highest BCUT2D eigenvalue weighted by molar-refractivity contribution is 5.81. The lowest BCUT2D eigenvalue weighted by molar-refractivity contribution is 0.202. The van der Waals surface area contributed by atoms with Gasteiger partial charge in [0.1, 0.15) is 0 Å². The number of hydrogen-bond donors (Lipinski definition) is 1. The number of fused-ring (bicyclic) bond motifs is 2. The van der Waals surface area contributed by atoms with Gasteiger partial charge < -0.3 is 9.88 Å². The van der Waals surface area contributed by atoms with Crippen LogP contribution in [0.1, 0.15) is 32.1 Å². The molecule has 1 aliphatic heterocycles. The van der Waals surface area contributed by atoms with E-state index in [4.69, 9.17) is 0 Å². The Balaban J connectivity index is 1.64. The van der Waals surface area contributed by atoms with Crippen LogP contribution >= 0.6 is 0 Å².